The van der Waals surface area contributed by atoms with Crippen LogP contribution in [0.3, 0.4) is 0 Å². The van der Waals surface area contributed by atoms with E-state index in [0.717, 1.165) is 17.1 Å². The molecule has 10 aromatic rings. The van der Waals surface area contributed by atoms with Crippen molar-refractivity contribution < 1.29 is 0 Å². The van der Waals surface area contributed by atoms with Gasteiger partial charge >= 0.3 is 0 Å². The molecule has 0 radical (unpaired) electrons. The lowest BCUT2D eigenvalue weighted by atomic mass is 9.82. The van der Waals surface area contributed by atoms with Crippen LogP contribution in [0.15, 0.2) is 249 Å². The molecule has 0 N–H and O–H groups in total. The van der Waals surface area contributed by atoms with E-state index < -0.39 is 8.07 Å². The van der Waals surface area contributed by atoms with E-state index >= 15 is 0 Å². The van der Waals surface area contributed by atoms with Crippen LogP contribution >= 0.6 is 0 Å². The van der Waals surface area contributed by atoms with E-state index in [0.29, 0.717) is 0 Å². The molecule has 1 heterocycles. The highest BCUT2D eigenvalue weighted by atomic mass is 28.3. The van der Waals surface area contributed by atoms with Gasteiger partial charge in [-0.2, -0.15) is 0 Å². The van der Waals surface area contributed by atoms with E-state index in [9.17, 15) is 0 Å². The molecule has 0 saturated heterocycles. The lowest BCUT2D eigenvalue weighted by molar-refractivity contribution is 0.660. The summed E-state index contributed by atoms with van der Waals surface area (Å²) in [6, 6.07) is 92.8. The molecular weight excluding hydrogens is 799 g/mol. The van der Waals surface area contributed by atoms with Gasteiger partial charge in [0.15, 0.2) is 8.07 Å². The lowest BCUT2D eigenvalue weighted by Crippen LogP contribution is -2.72. The number of rotatable bonds is 8. The average Bonchev–Trinajstić information content (AvgIpc) is 3.80. The van der Waals surface area contributed by atoms with Crippen LogP contribution < -0.4 is 25.6 Å². The standard InChI is InChI=1S/C63H47NSi/c1-63(2)59-30-15-12-27-55(59)56-38-37-51(43-60(56)63)64(52-40-48(44-19-6-3-7-20-44)39-49(41-52)45-21-8-4-9-22-45)50-35-33-46(34-36-50)47-23-18-26-54(42-47)65(53-24-10-5-11-25-53)61-31-16-13-28-57(61)58-29-14-17-32-62(58)65/h3-43H,1-2H3. The Kier molecular flexibility index (Phi) is 9.26. The van der Waals surface area contributed by atoms with Crippen molar-refractivity contribution in [3.05, 3.63) is 260 Å². The van der Waals surface area contributed by atoms with Gasteiger partial charge in [-0.05, 0) is 130 Å². The molecule has 0 bridgehead atoms. The molecule has 308 valence electrons. The van der Waals surface area contributed by atoms with Gasteiger partial charge in [-0.15, -0.1) is 0 Å². The highest BCUT2D eigenvalue weighted by Gasteiger charge is 2.48. The van der Waals surface area contributed by atoms with Gasteiger partial charge in [-0.1, -0.05) is 220 Å². The molecule has 12 rings (SSSR count). The van der Waals surface area contributed by atoms with Crippen LogP contribution in [-0.4, -0.2) is 8.07 Å². The SMILES string of the molecule is CC1(C)c2ccccc2-c2ccc(N(c3ccc(-c4cccc([Si]5(c6ccccc6)c6ccccc6-c6ccccc65)c4)cc3)c3cc(-c4ccccc4)cc(-c4ccccc4)c3)cc21. The molecule has 0 spiro atoms. The smallest absolute Gasteiger partial charge is 0.180 e. The summed E-state index contributed by atoms with van der Waals surface area (Å²) in [6.45, 7) is 4.73. The van der Waals surface area contributed by atoms with Crippen LogP contribution in [0.1, 0.15) is 25.0 Å². The number of hydrogen-bond donors (Lipinski definition) is 0. The van der Waals surface area contributed by atoms with Gasteiger partial charge in [0.25, 0.3) is 0 Å². The third-order valence-electron chi connectivity index (χ3n) is 14.1. The fraction of sp³-hybridized carbons (Fsp3) is 0.0476. The van der Waals surface area contributed by atoms with E-state index in [1.165, 1.54) is 87.5 Å². The van der Waals surface area contributed by atoms with Gasteiger partial charge < -0.3 is 4.90 Å². The summed E-state index contributed by atoms with van der Waals surface area (Å²) in [5.74, 6) is 0. The van der Waals surface area contributed by atoms with Crippen molar-refractivity contribution in [2.24, 2.45) is 0 Å². The summed E-state index contributed by atoms with van der Waals surface area (Å²) in [5, 5.41) is 5.73. The molecule has 1 nitrogen and oxygen atoms in total. The fourth-order valence-corrected chi connectivity index (χ4v) is 16.3. The minimum atomic E-state index is -2.63. The van der Waals surface area contributed by atoms with Gasteiger partial charge in [0.2, 0.25) is 0 Å². The quantitative estimate of drug-likeness (QED) is 0.138. The first kappa shape index (κ1) is 38.9. The number of fused-ring (bicyclic) bond motifs is 6. The highest BCUT2D eigenvalue weighted by molar-refractivity contribution is 7.22. The number of nitrogens with zero attached hydrogens (tertiary/aromatic N) is 1. The minimum Gasteiger partial charge on any atom is -0.310 e. The summed E-state index contributed by atoms with van der Waals surface area (Å²) in [4.78, 5) is 2.46. The Bertz CT molecular complexity index is 3290. The van der Waals surface area contributed by atoms with Crippen molar-refractivity contribution in [2.75, 3.05) is 4.90 Å². The predicted molar refractivity (Wildman–Crippen MR) is 278 cm³/mol. The van der Waals surface area contributed by atoms with Gasteiger partial charge in [0.05, 0.1) is 0 Å². The van der Waals surface area contributed by atoms with E-state index in [1.54, 1.807) is 0 Å². The highest BCUT2D eigenvalue weighted by Crippen LogP contribution is 2.51. The van der Waals surface area contributed by atoms with Gasteiger partial charge in [-0.25, -0.2) is 0 Å². The largest absolute Gasteiger partial charge is 0.310 e. The summed E-state index contributed by atoms with van der Waals surface area (Å²) in [5.41, 5.74) is 18.5. The van der Waals surface area contributed by atoms with Gasteiger partial charge in [0, 0.05) is 22.5 Å². The Balaban J connectivity index is 1.02. The van der Waals surface area contributed by atoms with Gasteiger partial charge in [0.1, 0.15) is 0 Å². The maximum atomic E-state index is 2.49. The van der Waals surface area contributed by atoms with E-state index in [4.69, 9.17) is 0 Å². The Hall–Kier alpha value is -7.78. The first-order valence-corrected chi connectivity index (χ1v) is 24.7. The molecule has 1 aliphatic heterocycles. The summed E-state index contributed by atoms with van der Waals surface area (Å²) in [7, 11) is -2.63. The second-order valence-electron chi connectivity index (χ2n) is 18.1. The lowest BCUT2D eigenvalue weighted by Gasteiger charge is -2.31. The molecule has 1 aliphatic carbocycles. The molecule has 0 unspecified atom stereocenters. The number of anilines is 3. The molecule has 0 saturated carbocycles. The topological polar surface area (TPSA) is 3.24 Å². The maximum absolute atomic E-state index is 2.63. The molecule has 0 aromatic heterocycles. The normalized spacial score (nSPS) is 13.6. The molecule has 10 aromatic carbocycles. The third-order valence-corrected chi connectivity index (χ3v) is 19.0. The molecule has 2 aliphatic rings. The zero-order valence-corrected chi connectivity index (χ0v) is 37.6. The minimum absolute atomic E-state index is 0.135. The van der Waals surface area contributed by atoms with Crippen LogP contribution in [0, 0.1) is 0 Å². The summed E-state index contributed by atoms with van der Waals surface area (Å²) < 4.78 is 0. The summed E-state index contributed by atoms with van der Waals surface area (Å²) in [6.07, 6.45) is 0. The first-order chi connectivity index (χ1) is 32.0. The molecule has 0 amide bonds. The van der Waals surface area contributed by atoms with Crippen molar-refractivity contribution in [2.45, 2.75) is 19.3 Å². The van der Waals surface area contributed by atoms with Crippen molar-refractivity contribution in [3.63, 3.8) is 0 Å². The Morgan fingerprint density at radius 2 is 0.769 bits per heavy atom. The molecule has 65 heavy (non-hydrogen) atoms. The van der Waals surface area contributed by atoms with Crippen molar-refractivity contribution in [1.29, 1.82) is 0 Å². The Morgan fingerprint density at radius 1 is 0.292 bits per heavy atom. The van der Waals surface area contributed by atoms with E-state index in [-0.39, 0.29) is 5.41 Å². The second kappa shape index (κ2) is 15.5. The van der Waals surface area contributed by atoms with Gasteiger partial charge in [-0.3, -0.25) is 0 Å². The Labute approximate surface area is 383 Å². The van der Waals surface area contributed by atoms with E-state index in [1.807, 2.05) is 0 Å². The fourth-order valence-electron chi connectivity index (χ4n) is 11.1. The molecule has 2 heteroatoms. The van der Waals surface area contributed by atoms with Crippen LogP contribution in [0.4, 0.5) is 17.1 Å². The maximum Gasteiger partial charge on any atom is 0.180 e. The molecular formula is C63H47NSi. The van der Waals surface area contributed by atoms with Crippen molar-refractivity contribution >= 4 is 45.9 Å². The van der Waals surface area contributed by atoms with Crippen LogP contribution in [0.25, 0.3) is 55.6 Å². The van der Waals surface area contributed by atoms with E-state index in [2.05, 4.69) is 267 Å². The third kappa shape index (κ3) is 6.28. The predicted octanol–water partition coefficient (Wildman–Crippen LogP) is 13.8. The number of hydrogen-bond acceptors (Lipinski definition) is 1. The van der Waals surface area contributed by atoms with Crippen LogP contribution in [-0.2, 0) is 5.41 Å². The summed E-state index contributed by atoms with van der Waals surface area (Å²) >= 11 is 0. The zero-order chi connectivity index (χ0) is 43.5. The number of benzene rings is 10. The average molecular weight is 846 g/mol. The Morgan fingerprint density at radius 3 is 1.40 bits per heavy atom. The monoisotopic (exact) mass is 845 g/mol. The van der Waals surface area contributed by atoms with Crippen molar-refractivity contribution in [1.82, 2.24) is 0 Å². The second-order valence-corrected chi connectivity index (χ2v) is 21.8. The van der Waals surface area contributed by atoms with Crippen LogP contribution in [0.5, 0.6) is 0 Å². The van der Waals surface area contributed by atoms with Crippen molar-refractivity contribution in [3.8, 4) is 55.6 Å². The molecule has 0 fully saturated rings. The van der Waals surface area contributed by atoms with Crippen LogP contribution in [0.2, 0.25) is 0 Å². The molecule has 0 atom stereocenters. The zero-order valence-electron chi connectivity index (χ0n) is 36.6. The first-order valence-electron chi connectivity index (χ1n) is 22.7.